The predicted octanol–water partition coefficient (Wildman–Crippen LogP) is 3.89. The lowest BCUT2D eigenvalue weighted by molar-refractivity contribution is 0.194. The molecule has 0 bridgehead atoms. The van der Waals surface area contributed by atoms with Gasteiger partial charge in [-0.25, -0.2) is 4.79 Å². The molecule has 2 rings (SSSR count). The number of rotatable bonds is 3. The first-order valence-corrected chi connectivity index (χ1v) is 6.95. The molecule has 0 spiro atoms. The number of hydrogen-bond acceptors (Lipinski definition) is 1. The van der Waals surface area contributed by atoms with Crippen molar-refractivity contribution < 1.29 is 9.90 Å². The van der Waals surface area contributed by atoms with E-state index in [1.54, 1.807) is 6.07 Å². The van der Waals surface area contributed by atoms with Gasteiger partial charge in [0.05, 0.1) is 15.6 Å². The van der Waals surface area contributed by atoms with E-state index in [0.29, 0.717) is 23.0 Å². The maximum Gasteiger partial charge on any atom is 0.404 e. The van der Waals surface area contributed by atoms with Gasteiger partial charge in [0.15, 0.2) is 0 Å². The number of carboxylic acid groups (broad SMARTS) is 1. The summed E-state index contributed by atoms with van der Waals surface area (Å²) in [5.74, 6) is 0. The molecule has 7 heteroatoms. The van der Waals surface area contributed by atoms with Gasteiger partial charge in [0.1, 0.15) is 0 Å². The lowest BCUT2D eigenvalue weighted by atomic mass is 10.2. The van der Waals surface area contributed by atoms with Gasteiger partial charge in [0.25, 0.3) is 0 Å². The van der Waals surface area contributed by atoms with E-state index in [0.717, 1.165) is 20.2 Å². The highest BCUT2D eigenvalue weighted by Crippen LogP contribution is 2.34. The number of hydrogen-bond donors (Lipinski definition) is 3. The molecule has 0 fully saturated rings. The predicted molar refractivity (Wildman–Crippen MR) is 80.8 cm³/mol. The highest BCUT2D eigenvalue weighted by Gasteiger charge is 2.13. The van der Waals surface area contributed by atoms with Gasteiger partial charge < -0.3 is 15.4 Å². The molecule has 0 aliphatic rings. The number of fused-ring (bicyclic) bond motifs is 1. The molecule has 4 nitrogen and oxygen atoms in total. The first-order valence-electron chi connectivity index (χ1n) is 5.11. The minimum atomic E-state index is -1.03. The normalized spacial score (nSPS) is 10.8. The molecular formula is C11H9Cl2IN2O2. The fourth-order valence-corrected chi connectivity index (χ4v) is 2.91. The van der Waals surface area contributed by atoms with Crippen LogP contribution in [0.1, 0.15) is 5.69 Å². The minimum Gasteiger partial charge on any atom is -0.465 e. The molecule has 1 amide bonds. The fourth-order valence-electron chi connectivity index (χ4n) is 1.69. The van der Waals surface area contributed by atoms with Crippen molar-refractivity contribution in [3.8, 4) is 0 Å². The van der Waals surface area contributed by atoms with Crippen molar-refractivity contribution in [3.63, 3.8) is 0 Å². The van der Waals surface area contributed by atoms with Crippen molar-refractivity contribution in [2.45, 2.75) is 6.42 Å². The van der Waals surface area contributed by atoms with Crippen LogP contribution in [-0.2, 0) is 6.42 Å². The Morgan fingerprint density at radius 2 is 2.17 bits per heavy atom. The van der Waals surface area contributed by atoms with Crippen LogP contribution in [0.4, 0.5) is 4.79 Å². The van der Waals surface area contributed by atoms with Gasteiger partial charge in [0, 0.05) is 27.6 Å². The molecule has 18 heavy (non-hydrogen) atoms. The summed E-state index contributed by atoms with van der Waals surface area (Å²) in [6, 6.07) is 3.65. The van der Waals surface area contributed by atoms with Crippen LogP contribution >= 0.6 is 45.8 Å². The zero-order valence-electron chi connectivity index (χ0n) is 9.06. The zero-order chi connectivity index (χ0) is 13.3. The Morgan fingerprint density at radius 3 is 2.83 bits per heavy atom. The molecule has 0 aliphatic heterocycles. The van der Waals surface area contributed by atoms with Gasteiger partial charge in [0.2, 0.25) is 0 Å². The molecule has 0 saturated heterocycles. The van der Waals surface area contributed by atoms with E-state index in [-0.39, 0.29) is 0 Å². The SMILES string of the molecule is O=C(O)NCCc1[nH]c2c(Cl)c(Cl)ccc2c1I. The monoisotopic (exact) mass is 398 g/mol. The quantitative estimate of drug-likeness (QED) is 0.686. The number of carbonyl (C=O) groups is 1. The van der Waals surface area contributed by atoms with Crippen LogP contribution in [0, 0.1) is 3.57 Å². The molecule has 0 radical (unpaired) electrons. The number of aromatic amines is 1. The van der Waals surface area contributed by atoms with Crippen molar-refractivity contribution >= 4 is 62.8 Å². The largest absolute Gasteiger partial charge is 0.465 e. The van der Waals surface area contributed by atoms with Crippen molar-refractivity contribution in [3.05, 3.63) is 31.4 Å². The summed E-state index contributed by atoms with van der Waals surface area (Å²) in [4.78, 5) is 13.6. The smallest absolute Gasteiger partial charge is 0.404 e. The Balaban J connectivity index is 2.32. The summed E-state index contributed by atoms with van der Waals surface area (Å²) in [5.41, 5.74) is 1.74. The van der Waals surface area contributed by atoms with Crippen LogP contribution in [0.15, 0.2) is 12.1 Å². The lowest BCUT2D eigenvalue weighted by Crippen LogP contribution is -2.23. The standard InChI is InChI=1S/C11H9Cl2IN2O2/c12-6-2-1-5-9(14)7(3-4-15-11(17)18)16-10(5)8(6)13/h1-2,15-16H,3-4H2,(H,17,18). The minimum absolute atomic E-state index is 0.351. The van der Waals surface area contributed by atoms with E-state index in [4.69, 9.17) is 28.3 Å². The first-order chi connectivity index (χ1) is 8.50. The van der Waals surface area contributed by atoms with E-state index in [1.807, 2.05) is 6.07 Å². The third-order valence-corrected chi connectivity index (χ3v) is 4.56. The summed E-state index contributed by atoms with van der Waals surface area (Å²) in [7, 11) is 0. The van der Waals surface area contributed by atoms with Gasteiger partial charge in [-0.05, 0) is 28.7 Å². The van der Waals surface area contributed by atoms with E-state index >= 15 is 0 Å². The number of halogens is 3. The molecule has 1 heterocycles. The fraction of sp³-hybridized carbons (Fsp3) is 0.182. The van der Waals surface area contributed by atoms with Gasteiger partial charge in [-0.2, -0.15) is 0 Å². The first kappa shape index (κ1) is 13.8. The third-order valence-electron chi connectivity index (χ3n) is 2.52. The highest BCUT2D eigenvalue weighted by atomic mass is 127. The van der Waals surface area contributed by atoms with E-state index in [1.165, 1.54) is 0 Å². The van der Waals surface area contributed by atoms with Crippen molar-refractivity contribution in [1.82, 2.24) is 10.3 Å². The molecule has 0 unspecified atom stereocenters. The van der Waals surface area contributed by atoms with Gasteiger partial charge in [-0.1, -0.05) is 29.3 Å². The number of H-pyrrole nitrogens is 1. The zero-order valence-corrected chi connectivity index (χ0v) is 12.7. The number of benzene rings is 1. The molecular weight excluding hydrogens is 390 g/mol. The molecule has 0 aliphatic carbocycles. The lowest BCUT2D eigenvalue weighted by Gasteiger charge is -1.99. The summed E-state index contributed by atoms with van der Waals surface area (Å²) in [6.45, 7) is 0.351. The van der Waals surface area contributed by atoms with Crippen LogP contribution in [0.2, 0.25) is 10.0 Å². The Hall–Kier alpha value is -0.660. The van der Waals surface area contributed by atoms with Crippen LogP contribution in [0.5, 0.6) is 0 Å². The Bertz CT molecular complexity index is 613. The van der Waals surface area contributed by atoms with Crippen molar-refractivity contribution in [2.75, 3.05) is 6.54 Å². The van der Waals surface area contributed by atoms with Crippen LogP contribution in [0.3, 0.4) is 0 Å². The topological polar surface area (TPSA) is 65.1 Å². The molecule has 1 aromatic carbocycles. The van der Waals surface area contributed by atoms with Crippen molar-refractivity contribution in [2.24, 2.45) is 0 Å². The molecule has 1 aromatic heterocycles. The maximum absolute atomic E-state index is 10.4. The number of nitrogens with one attached hydrogen (secondary N) is 2. The van der Waals surface area contributed by atoms with E-state index < -0.39 is 6.09 Å². The van der Waals surface area contributed by atoms with Gasteiger partial charge in [-0.15, -0.1) is 0 Å². The van der Waals surface area contributed by atoms with Gasteiger partial charge >= 0.3 is 6.09 Å². The number of aromatic nitrogens is 1. The van der Waals surface area contributed by atoms with E-state index in [9.17, 15) is 4.79 Å². The van der Waals surface area contributed by atoms with Gasteiger partial charge in [-0.3, -0.25) is 0 Å². The molecule has 96 valence electrons. The molecule has 0 atom stereocenters. The molecule has 0 saturated carbocycles. The molecule has 2 aromatic rings. The Kier molecular flexibility index (Phi) is 4.24. The molecule has 3 N–H and O–H groups in total. The van der Waals surface area contributed by atoms with Crippen LogP contribution < -0.4 is 5.32 Å². The highest BCUT2D eigenvalue weighted by molar-refractivity contribution is 14.1. The Morgan fingerprint density at radius 1 is 1.44 bits per heavy atom. The average molecular weight is 399 g/mol. The van der Waals surface area contributed by atoms with Crippen molar-refractivity contribution in [1.29, 1.82) is 0 Å². The second kappa shape index (κ2) is 5.54. The van der Waals surface area contributed by atoms with E-state index in [2.05, 4.69) is 32.9 Å². The summed E-state index contributed by atoms with van der Waals surface area (Å²) in [5, 5.41) is 12.8. The summed E-state index contributed by atoms with van der Waals surface area (Å²) >= 11 is 14.3. The second-order valence-electron chi connectivity index (χ2n) is 3.68. The summed E-state index contributed by atoms with van der Waals surface area (Å²) in [6.07, 6.45) is -0.449. The number of amides is 1. The van der Waals surface area contributed by atoms with Crippen LogP contribution in [0.25, 0.3) is 10.9 Å². The maximum atomic E-state index is 10.4. The second-order valence-corrected chi connectivity index (χ2v) is 5.55. The summed E-state index contributed by atoms with van der Waals surface area (Å²) < 4.78 is 1.04. The van der Waals surface area contributed by atoms with Crippen LogP contribution in [-0.4, -0.2) is 22.7 Å². The Labute approximate surface area is 127 Å². The third kappa shape index (κ3) is 2.67. The average Bonchev–Trinajstić information content (AvgIpc) is 2.62.